The maximum absolute atomic E-state index is 13.7. The van der Waals surface area contributed by atoms with Crippen LogP contribution in [0.4, 0.5) is 10.1 Å². The number of hydrogen-bond donors (Lipinski definition) is 1. The van der Waals surface area contributed by atoms with Crippen molar-refractivity contribution in [1.82, 2.24) is 0 Å². The molecule has 2 rings (SSSR count). The molecule has 4 nitrogen and oxygen atoms in total. The lowest BCUT2D eigenvalue weighted by Gasteiger charge is -2.09. The Morgan fingerprint density at radius 2 is 1.75 bits per heavy atom. The SMILES string of the molecule is COC(=O)c1cc(-c2ccc(OC)c(F)c2)ccc1N. The summed E-state index contributed by atoms with van der Waals surface area (Å²) in [4.78, 5) is 11.6. The summed E-state index contributed by atoms with van der Waals surface area (Å²) in [5.41, 5.74) is 7.58. The number of ether oxygens (including phenoxy) is 2. The van der Waals surface area contributed by atoms with Gasteiger partial charge in [0, 0.05) is 5.69 Å². The molecule has 5 heteroatoms. The highest BCUT2D eigenvalue weighted by Crippen LogP contribution is 2.28. The number of rotatable bonds is 3. The number of methoxy groups -OCH3 is 2. The molecule has 0 radical (unpaired) electrons. The fourth-order valence-electron chi connectivity index (χ4n) is 1.87. The zero-order valence-electron chi connectivity index (χ0n) is 11.1. The van der Waals surface area contributed by atoms with Gasteiger partial charge in [-0.2, -0.15) is 0 Å². The molecule has 104 valence electrons. The van der Waals surface area contributed by atoms with Gasteiger partial charge in [-0.05, 0) is 35.4 Å². The van der Waals surface area contributed by atoms with Gasteiger partial charge in [0.1, 0.15) is 0 Å². The minimum absolute atomic E-state index is 0.164. The van der Waals surface area contributed by atoms with Crippen LogP contribution < -0.4 is 10.5 Å². The molecule has 2 N–H and O–H groups in total. The number of esters is 1. The first-order chi connectivity index (χ1) is 9.56. The Kier molecular flexibility index (Phi) is 3.89. The fraction of sp³-hybridized carbons (Fsp3) is 0.133. The van der Waals surface area contributed by atoms with Crippen LogP contribution in [0.1, 0.15) is 10.4 Å². The second-order valence-electron chi connectivity index (χ2n) is 4.14. The minimum atomic E-state index is -0.529. The summed E-state index contributed by atoms with van der Waals surface area (Å²) in [6.07, 6.45) is 0. The lowest BCUT2D eigenvalue weighted by atomic mass is 10.0. The number of carbonyl (C=O) groups excluding carboxylic acids is 1. The number of nitrogens with two attached hydrogens (primary N) is 1. The molecule has 2 aromatic carbocycles. The molecule has 20 heavy (non-hydrogen) atoms. The Labute approximate surface area is 115 Å². The molecule has 0 unspecified atom stereocenters. The Bertz CT molecular complexity index is 656. The van der Waals surface area contributed by atoms with Crippen molar-refractivity contribution < 1.29 is 18.7 Å². The van der Waals surface area contributed by atoms with E-state index >= 15 is 0 Å². The summed E-state index contributed by atoms with van der Waals surface area (Å²) in [7, 11) is 2.68. The number of halogens is 1. The van der Waals surface area contributed by atoms with Crippen LogP contribution in [-0.2, 0) is 4.74 Å². The first kappa shape index (κ1) is 13.9. The predicted molar refractivity (Wildman–Crippen MR) is 74.1 cm³/mol. The van der Waals surface area contributed by atoms with Crippen LogP contribution in [0.15, 0.2) is 36.4 Å². The van der Waals surface area contributed by atoms with Crippen molar-refractivity contribution in [3.63, 3.8) is 0 Å². The lowest BCUT2D eigenvalue weighted by molar-refractivity contribution is 0.0602. The third-order valence-electron chi connectivity index (χ3n) is 2.94. The highest BCUT2D eigenvalue weighted by atomic mass is 19.1. The van der Waals surface area contributed by atoms with Crippen LogP contribution in [0.25, 0.3) is 11.1 Å². The van der Waals surface area contributed by atoms with E-state index < -0.39 is 11.8 Å². The molecule has 0 heterocycles. The zero-order chi connectivity index (χ0) is 14.7. The van der Waals surface area contributed by atoms with E-state index in [0.29, 0.717) is 16.8 Å². The van der Waals surface area contributed by atoms with Gasteiger partial charge < -0.3 is 15.2 Å². The summed E-state index contributed by atoms with van der Waals surface area (Å²) >= 11 is 0. The molecule has 2 aromatic rings. The van der Waals surface area contributed by atoms with Gasteiger partial charge in [0.25, 0.3) is 0 Å². The van der Waals surface area contributed by atoms with E-state index in [1.54, 1.807) is 24.3 Å². The first-order valence-electron chi connectivity index (χ1n) is 5.88. The molecule has 0 aliphatic heterocycles. The van der Waals surface area contributed by atoms with Crippen LogP contribution in [-0.4, -0.2) is 20.2 Å². The molecule has 0 aromatic heterocycles. The van der Waals surface area contributed by atoms with Crippen molar-refractivity contribution in [3.05, 3.63) is 47.8 Å². The van der Waals surface area contributed by atoms with Crippen LogP contribution in [0.5, 0.6) is 5.75 Å². The normalized spacial score (nSPS) is 10.2. The monoisotopic (exact) mass is 275 g/mol. The van der Waals surface area contributed by atoms with Gasteiger partial charge in [0.15, 0.2) is 11.6 Å². The van der Waals surface area contributed by atoms with E-state index in [4.69, 9.17) is 10.5 Å². The van der Waals surface area contributed by atoms with E-state index in [-0.39, 0.29) is 11.3 Å². The predicted octanol–water partition coefficient (Wildman–Crippen LogP) is 2.87. The van der Waals surface area contributed by atoms with Crippen molar-refractivity contribution in [2.24, 2.45) is 0 Å². The molecule has 0 saturated heterocycles. The van der Waals surface area contributed by atoms with Crippen LogP contribution >= 0.6 is 0 Å². The average Bonchev–Trinajstić information content (AvgIpc) is 2.47. The van der Waals surface area contributed by atoms with E-state index in [1.165, 1.54) is 26.4 Å². The van der Waals surface area contributed by atoms with Crippen molar-refractivity contribution in [2.45, 2.75) is 0 Å². The fourth-order valence-corrected chi connectivity index (χ4v) is 1.87. The zero-order valence-corrected chi connectivity index (χ0v) is 11.1. The molecule has 0 aliphatic rings. The molecular formula is C15H14FNO3. The van der Waals surface area contributed by atoms with Crippen molar-refractivity contribution in [2.75, 3.05) is 20.0 Å². The highest BCUT2D eigenvalue weighted by molar-refractivity contribution is 5.96. The summed E-state index contributed by atoms with van der Waals surface area (Å²) < 4.78 is 23.2. The summed E-state index contributed by atoms with van der Waals surface area (Å²) in [6.45, 7) is 0. The summed E-state index contributed by atoms with van der Waals surface area (Å²) in [5.74, 6) is -0.836. The topological polar surface area (TPSA) is 61.5 Å². The van der Waals surface area contributed by atoms with Gasteiger partial charge >= 0.3 is 5.97 Å². The molecule has 0 bridgehead atoms. The number of nitrogen functional groups attached to an aromatic ring is 1. The van der Waals surface area contributed by atoms with Crippen molar-refractivity contribution >= 4 is 11.7 Å². The van der Waals surface area contributed by atoms with Gasteiger partial charge in [0.2, 0.25) is 0 Å². The summed E-state index contributed by atoms with van der Waals surface area (Å²) in [6, 6.07) is 9.44. The van der Waals surface area contributed by atoms with Crippen LogP contribution in [0, 0.1) is 5.82 Å². The second-order valence-corrected chi connectivity index (χ2v) is 4.14. The second kappa shape index (κ2) is 5.61. The minimum Gasteiger partial charge on any atom is -0.494 e. The maximum Gasteiger partial charge on any atom is 0.339 e. The van der Waals surface area contributed by atoms with Gasteiger partial charge in [-0.1, -0.05) is 12.1 Å². The number of anilines is 1. The quantitative estimate of drug-likeness (QED) is 0.691. The van der Waals surface area contributed by atoms with E-state index in [1.807, 2.05) is 0 Å². The maximum atomic E-state index is 13.7. The van der Waals surface area contributed by atoms with E-state index in [9.17, 15) is 9.18 Å². The third-order valence-corrected chi connectivity index (χ3v) is 2.94. The Morgan fingerprint density at radius 1 is 1.10 bits per heavy atom. The molecule has 0 atom stereocenters. The summed E-state index contributed by atoms with van der Waals surface area (Å²) in [5, 5.41) is 0. The van der Waals surface area contributed by atoms with Crippen LogP contribution in [0.3, 0.4) is 0 Å². The van der Waals surface area contributed by atoms with Gasteiger partial charge in [-0.15, -0.1) is 0 Å². The first-order valence-corrected chi connectivity index (χ1v) is 5.88. The molecule has 0 fully saturated rings. The average molecular weight is 275 g/mol. The van der Waals surface area contributed by atoms with Crippen molar-refractivity contribution in [1.29, 1.82) is 0 Å². The van der Waals surface area contributed by atoms with E-state index in [2.05, 4.69) is 4.74 Å². The number of carbonyl (C=O) groups is 1. The molecule has 0 amide bonds. The Balaban J connectivity index is 2.48. The standard InChI is InChI=1S/C15H14FNO3/c1-19-14-6-4-10(8-12(14)16)9-3-5-13(17)11(7-9)15(18)20-2/h3-8H,17H2,1-2H3. The molecule has 0 spiro atoms. The van der Waals surface area contributed by atoms with Crippen molar-refractivity contribution in [3.8, 4) is 16.9 Å². The van der Waals surface area contributed by atoms with Crippen LogP contribution in [0.2, 0.25) is 0 Å². The molecule has 0 aliphatic carbocycles. The smallest absolute Gasteiger partial charge is 0.339 e. The number of benzene rings is 2. The number of hydrogen-bond acceptors (Lipinski definition) is 4. The molecule has 0 saturated carbocycles. The highest BCUT2D eigenvalue weighted by Gasteiger charge is 2.12. The van der Waals surface area contributed by atoms with Gasteiger partial charge in [-0.25, -0.2) is 9.18 Å². The third kappa shape index (κ3) is 2.56. The largest absolute Gasteiger partial charge is 0.494 e. The molecular weight excluding hydrogens is 261 g/mol. The lowest BCUT2D eigenvalue weighted by Crippen LogP contribution is -2.05. The van der Waals surface area contributed by atoms with E-state index in [0.717, 1.165) is 0 Å². The Hall–Kier alpha value is -2.56. The van der Waals surface area contributed by atoms with Gasteiger partial charge in [-0.3, -0.25) is 0 Å². The Morgan fingerprint density at radius 3 is 2.35 bits per heavy atom. The van der Waals surface area contributed by atoms with Gasteiger partial charge in [0.05, 0.1) is 19.8 Å².